The van der Waals surface area contributed by atoms with Crippen molar-refractivity contribution in [1.82, 2.24) is 0 Å². The number of hydrogen-bond donors (Lipinski definition) is 2. The summed E-state index contributed by atoms with van der Waals surface area (Å²) in [5, 5.41) is 3.09. The number of halogens is 2. The number of nitrogens with two attached hydrogens (primary N) is 1. The minimum absolute atomic E-state index is 0.106. The first kappa shape index (κ1) is 9.58. The molecular weight excluding hydrogens is 251 g/mol. The summed E-state index contributed by atoms with van der Waals surface area (Å²) < 4.78 is 19.3. The summed E-state index contributed by atoms with van der Waals surface area (Å²) >= 11 is 3.23. The Bertz CT molecular complexity index is 384. The van der Waals surface area contributed by atoms with Gasteiger partial charge >= 0.3 is 0 Å². The first-order valence-corrected chi connectivity index (χ1v) is 5.05. The van der Waals surface area contributed by atoms with E-state index in [1.54, 1.807) is 0 Å². The highest BCUT2D eigenvalue weighted by atomic mass is 79.9. The number of anilines is 2. The molecule has 1 atom stereocenters. The van der Waals surface area contributed by atoms with Gasteiger partial charge in [-0.3, -0.25) is 0 Å². The molecule has 1 aliphatic rings. The second kappa shape index (κ2) is 3.31. The fourth-order valence-corrected chi connectivity index (χ4v) is 1.91. The summed E-state index contributed by atoms with van der Waals surface area (Å²) in [5.41, 5.74) is 6.24. The van der Waals surface area contributed by atoms with E-state index in [1.807, 2.05) is 6.92 Å². The highest BCUT2D eigenvalue weighted by Crippen LogP contribution is 2.41. The average molecular weight is 261 g/mol. The molecule has 0 radical (unpaired) electrons. The number of ether oxygens (including phenoxy) is 1. The molecule has 0 amide bonds. The second-order valence-electron chi connectivity index (χ2n) is 3.31. The van der Waals surface area contributed by atoms with Gasteiger partial charge in [-0.2, -0.15) is 0 Å². The SMILES string of the molecule is CC1COc2c(Br)cc(F)c(N)c2N1. The topological polar surface area (TPSA) is 47.3 Å². The molecule has 1 aromatic rings. The van der Waals surface area contributed by atoms with Gasteiger partial charge in [-0.15, -0.1) is 0 Å². The fourth-order valence-electron chi connectivity index (χ4n) is 1.40. The molecule has 1 aliphatic heterocycles. The van der Waals surface area contributed by atoms with Gasteiger partial charge in [0.15, 0.2) is 5.75 Å². The third-order valence-electron chi connectivity index (χ3n) is 2.09. The van der Waals surface area contributed by atoms with Crippen LogP contribution in [0.2, 0.25) is 0 Å². The summed E-state index contributed by atoms with van der Waals surface area (Å²) in [4.78, 5) is 0. The van der Waals surface area contributed by atoms with Crippen LogP contribution in [0.4, 0.5) is 15.8 Å². The zero-order chi connectivity index (χ0) is 10.3. The molecule has 2 rings (SSSR count). The Labute approximate surface area is 89.6 Å². The molecule has 0 aliphatic carbocycles. The lowest BCUT2D eigenvalue weighted by Crippen LogP contribution is -2.29. The van der Waals surface area contributed by atoms with E-state index in [0.717, 1.165) is 0 Å². The third kappa shape index (κ3) is 1.41. The maximum Gasteiger partial charge on any atom is 0.159 e. The largest absolute Gasteiger partial charge is 0.488 e. The Kier molecular flexibility index (Phi) is 2.26. The van der Waals surface area contributed by atoms with Crippen LogP contribution in [0.3, 0.4) is 0 Å². The number of nitrogens with one attached hydrogen (secondary N) is 1. The van der Waals surface area contributed by atoms with Crippen LogP contribution in [-0.2, 0) is 0 Å². The molecule has 0 spiro atoms. The molecule has 1 heterocycles. The van der Waals surface area contributed by atoms with Crippen molar-refractivity contribution in [2.45, 2.75) is 13.0 Å². The van der Waals surface area contributed by atoms with Crippen LogP contribution in [0.15, 0.2) is 10.5 Å². The maximum atomic E-state index is 13.2. The Morgan fingerprint density at radius 1 is 1.71 bits per heavy atom. The molecule has 1 aromatic carbocycles. The number of hydrogen-bond acceptors (Lipinski definition) is 3. The van der Waals surface area contributed by atoms with Gasteiger partial charge in [0.05, 0.1) is 16.2 Å². The predicted octanol–water partition coefficient (Wildman–Crippen LogP) is 2.36. The van der Waals surface area contributed by atoms with Gasteiger partial charge in [0, 0.05) is 0 Å². The van der Waals surface area contributed by atoms with Crippen molar-refractivity contribution in [3.63, 3.8) is 0 Å². The maximum absolute atomic E-state index is 13.2. The standard InChI is InChI=1S/C9H10BrFN2O/c1-4-3-14-9-5(10)2-6(11)7(12)8(9)13-4/h2,4,13H,3,12H2,1H3. The minimum atomic E-state index is -0.444. The number of rotatable bonds is 0. The van der Waals surface area contributed by atoms with Crippen molar-refractivity contribution in [3.05, 3.63) is 16.4 Å². The van der Waals surface area contributed by atoms with Gasteiger partial charge in [0.25, 0.3) is 0 Å². The van der Waals surface area contributed by atoms with E-state index in [9.17, 15) is 4.39 Å². The molecule has 0 aromatic heterocycles. The lowest BCUT2D eigenvalue weighted by Gasteiger charge is -2.26. The molecule has 14 heavy (non-hydrogen) atoms. The molecule has 0 saturated heterocycles. The fraction of sp³-hybridized carbons (Fsp3) is 0.333. The van der Waals surface area contributed by atoms with E-state index in [0.29, 0.717) is 22.5 Å². The van der Waals surface area contributed by atoms with Crippen molar-refractivity contribution in [2.75, 3.05) is 17.7 Å². The van der Waals surface area contributed by atoms with E-state index in [4.69, 9.17) is 10.5 Å². The van der Waals surface area contributed by atoms with E-state index in [-0.39, 0.29) is 11.7 Å². The number of nitrogen functional groups attached to an aromatic ring is 1. The summed E-state index contributed by atoms with van der Waals surface area (Å²) in [5.74, 6) is 0.142. The molecule has 5 heteroatoms. The molecule has 0 fully saturated rings. The first-order valence-electron chi connectivity index (χ1n) is 4.26. The van der Waals surface area contributed by atoms with E-state index < -0.39 is 5.82 Å². The summed E-state index contributed by atoms with van der Waals surface area (Å²) in [6.45, 7) is 2.50. The Balaban J connectivity index is 2.57. The molecule has 3 nitrogen and oxygen atoms in total. The van der Waals surface area contributed by atoms with Crippen molar-refractivity contribution in [1.29, 1.82) is 0 Å². The summed E-state index contributed by atoms with van der Waals surface area (Å²) in [6, 6.07) is 1.45. The van der Waals surface area contributed by atoms with Crippen molar-refractivity contribution >= 4 is 27.3 Å². The molecule has 1 unspecified atom stereocenters. The van der Waals surface area contributed by atoms with Gasteiger partial charge in [0.1, 0.15) is 18.1 Å². The summed E-state index contributed by atoms with van der Waals surface area (Å²) in [7, 11) is 0. The summed E-state index contributed by atoms with van der Waals surface area (Å²) in [6.07, 6.45) is 0. The highest BCUT2D eigenvalue weighted by molar-refractivity contribution is 9.10. The van der Waals surface area contributed by atoms with Crippen molar-refractivity contribution in [2.24, 2.45) is 0 Å². The van der Waals surface area contributed by atoms with Crippen LogP contribution < -0.4 is 15.8 Å². The predicted molar refractivity (Wildman–Crippen MR) is 57.1 cm³/mol. The van der Waals surface area contributed by atoms with Gasteiger partial charge < -0.3 is 15.8 Å². The van der Waals surface area contributed by atoms with Gasteiger partial charge in [0.2, 0.25) is 0 Å². The molecule has 0 bridgehead atoms. The van der Waals surface area contributed by atoms with Gasteiger partial charge in [-0.25, -0.2) is 4.39 Å². The van der Waals surface area contributed by atoms with Crippen LogP contribution in [0.5, 0.6) is 5.75 Å². The molecule has 3 N–H and O–H groups in total. The first-order chi connectivity index (χ1) is 6.59. The van der Waals surface area contributed by atoms with Crippen LogP contribution in [0.1, 0.15) is 6.92 Å². The molecule has 0 saturated carbocycles. The van der Waals surface area contributed by atoms with Gasteiger partial charge in [-0.05, 0) is 28.9 Å². The van der Waals surface area contributed by atoms with Crippen LogP contribution in [-0.4, -0.2) is 12.6 Å². The zero-order valence-electron chi connectivity index (χ0n) is 7.60. The monoisotopic (exact) mass is 260 g/mol. The lowest BCUT2D eigenvalue weighted by molar-refractivity contribution is 0.290. The van der Waals surface area contributed by atoms with Crippen molar-refractivity contribution in [3.8, 4) is 5.75 Å². The van der Waals surface area contributed by atoms with E-state index >= 15 is 0 Å². The third-order valence-corrected chi connectivity index (χ3v) is 2.68. The Morgan fingerprint density at radius 2 is 2.43 bits per heavy atom. The van der Waals surface area contributed by atoms with E-state index in [1.165, 1.54) is 6.07 Å². The van der Waals surface area contributed by atoms with Gasteiger partial charge in [-0.1, -0.05) is 0 Å². The Morgan fingerprint density at radius 3 is 3.14 bits per heavy atom. The minimum Gasteiger partial charge on any atom is -0.488 e. The van der Waals surface area contributed by atoms with Crippen LogP contribution in [0, 0.1) is 5.82 Å². The zero-order valence-corrected chi connectivity index (χ0v) is 9.19. The van der Waals surface area contributed by atoms with Crippen molar-refractivity contribution < 1.29 is 9.13 Å². The normalized spacial score (nSPS) is 19.5. The van der Waals surface area contributed by atoms with E-state index in [2.05, 4.69) is 21.2 Å². The molecule has 76 valence electrons. The number of fused-ring (bicyclic) bond motifs is 1. The lowest BCUT2D eigenvalue weighted by atomic mass is 10.2. The number of benzene rings is 1. The highest BCUT2D eigenvalue weighted by Gasteiger charge is 2.22. The Hall–Kier alpha value is -0.970. The van der Waals surface area contributed by atoms with Crippen LogP contribution in [0.25, 0.3) is 0 Å². The van der Waals surface area contributed by atoms with Crippen LogP contribution >= 0.6 is 15.9 Å². The quantitative estimate of drug-likeness (QED) is 0.705. The average Bonchev–Trinajstić information content (AvgIpc) is 2.14. The molecular formula is C9H10BrFN2O. The second-order valence-corrected chi connectivity index (χ2v) is 4.17. The smallest absolute Gasteiger partial charge is 0.159 e.